The van der Waals surface area contributed by atoms with Crippen molar-refractivity contribution in [1.82, 2.24) is 4.90 Å². The Morgan fingerprint density at radius 3 is 2.58 bits per heavy atom. The Hall–Kier alpha value is -2.47. The summed E-state index contributed by atoms with van der Waals surface area (Å²) >= 11 is 1.58. The van der Waals surface area contributed by atoms with E-state index in [1.54, 1.807) is 30.9 Å². The highest BCUT2D eigenvalue weighted by atomic mass is 32.2. The van der Waals surface area contributed by atoms with Gasteiger partial charge in [-0.15, -0.1) is 0 Å². The molecule has 1 fully saturated rings. The van der Waals surface area contributed by atoms with Crippen LogP contribution >= 0.6 is 11.8 Å². The van der Waals surface area contributed by atoms with Gasteiger partial charge in [-0.1, -0.05) is 29.5 Å². The van der Waals surface area contributed by atoms with E-state index >= 15 is 0 Å². The predicted octanol–water partition coefficient (Wildman–Crippen LogP) is 4.28. The monoisotopic (exact) mass is 370 g/mol. The van der Waals surface area contributed by atoms with Gasteiger partial charge in [0.15, 0.2) is 5.17 Å². The molecule has 0 unspecified atom stereocenters. The molecule has 136 valence electrons. The van der Waals surface area contributed by atoms with Crippen LogP contribution in [0.2, 0.25) is 0 Å². The van der Waals surface area contributed by atoms with Crippen molar-refractivity contribution >= 4 is 28.5 Å². The highest BCUT2D eigenvalue weighted by Gasteiger charge is 2.25. The standard InChI is InChI=1S/C20H22N2O3S/c1-14-5-7-15(8-6-14)19(23)22-11-4-12-26-20(22)21-17-13-16(24-2)9-10-18(17)25-3/h5-10,13H,4,11-12H2,1-3H3. The molecule has 0 atom stereocenters. The van der Waals surface area contributed by atoms with Gasteiger partial charge in [-0.2, -0.15) is 0 Å². The van der Waals surface area contributed by atoms with Crippen molar-refractivity contribution in [2.24, 2.45) is 4.99 Å². The maximum absolute atomic E-state index is 13.0. The summed E-state index contributed by atoms with van der Waals surface area (Å²) in [7, 11) is 3.22. The van der Waals surface area contributed by atoms with E-state index in [4.69, 9.17) is 14.5 Å². The summed E-state index contributed by atoms with van der Waals surface area (Å²) in [6.07, 6.45) is 0.941. The molecule has 0 saturated carbocycles. The number of aliphatic imine (C=N–C) groups is 1. The molecule has 1 aliphatic rings. The van der Waals surface area contributed by atoms with Gasteiger partial charge in [-0.05, 0) is 37.6 Å². The summed E-state index contributed by atoms with van der Waals surface area (Å²) < 4.78 is 10.7. The Labute approximate surface area is 158 Å². The molecule has 0 bridgehead atoms. The minimum absolute atomic E-state index is 0.0298. The number of carbonyl (C=O) groups is 1. The van der Waals surface area contributed by atoms with Crippen LogP contribution in [0.1, 0.15) is 22.3 Å². The number of aryl methyl sites for hydroxylation is 1. The van der Waals surface area contributed by atoms with E-state index in [1.807, 2.05) is 49.4 Å². The first kappa shape index (κ1) is 18.3. The van der Waals surface area contributed by atoms with E-state index in [-0.39, 0.29) is 5.91 Å². The van der Waals surface area contributed by atoms with Gasteiger partial charge in [-0.3, -0.25) is 9.69 Å². The fourth-order valence-corrected chi connectivity index (χ4v) is 3.63. The number of hydrogen-bond donors (Lipinski definition) is 0. The van der Waals surface area contributed by atoms with Gasteiger partial charge in [0.05, 0.1) is 14.2 Å². The number of thioether (sulfide) groups is 1. The van der Waals surface area contributed by atoms with Crippen LogP contribution in [0.25, 0.3) is 0 Å². The Morgan fingerprint density at radius 2 is 1.88 bits per heavy atom. The lowest BCUT2D eigenvalue weighted by molar-refractivity contribution is 0.0849. The Bertz CT molecular complexity index is 818. The number of carbonyl (C=O) groups excluding carboxylic acids is 1. The molecule has 0 aliphatic carbocycles. The molecule has 1 heterocycles. The third-order valence-corrected chi connectivity index (χ3v) is 5.20. The van der Waals surface area contributed by atoms with Crippen LogP contribution in [0.3, 0.4) is 0 Å². The van der Waals surface area contributed by atoms with Crippen LogP contribution in [0.5, 0.6) is 11.5 Å². The molecule has 26 heavy (non-hydrogen) atoms. The van der Waals surface area contributed by atoms with E-state index in [1.165, 1.54) is 0 Å². The number of amides is 1. The fraction of sp³-hybridized carbons (Fsp3) is 0.300. The SMILES string of the molecule is COc1ccc(OC)c(N=C2SCCCN2C(=O)c2ccc(C)cc2)c1. The average molecular weight is 370 g/mol. The molecule has 3 rings (SSSR count). The third kappa shape index (κ3) is 4.02. The quantitative estimate of drug-likeness (QED) is 0.806. The minimum Gasteiger partial charge on any atom is -0.497 e. The number of rotatable bonds is 4. The zero-order valence-electron chi connectivity index (χ0n) is 15.2. The number of hydrogen-bond acceptors (Lipinski definition) is 5. The van der Waals surface area contributed by atoms with Gasteiger partial charge in [-0.25, -0.2) is 4.99 Å². The van der Waals surface area contributed by atoms with Crippen molar-refractivity contribution in [2.75, 3.05) is 26.5 Å². The Balaban J connectivity index is 1.95. The van der Waals surface area contributed by atoms with Crippen molar-refractivity contribution in [3.8, 4) is 11.5 Å². The van der Waals surface area contributed by atoms with Gasteiger partial charge in [0, 0.05) is 23.9 Å². The number of nitrogens with zero attached hydrogens (tertiary/aromatic N) is 2. The Kier molecular flexibility index (Phi) is 5.83. The van der Waals surface area contributed by atoms with Crippen LogP contribution in [0, 0.1) is 6.92 Å². The van der Waals surface area contributed by atoms with Crippen LogP contribution < -0.4 is 9.47 Å². The van der Waals surface area contributed by atoms with Crippen molar-refractivity contribution < 1.29 is 14.3 Å². The second kappa shape index (κ2) is 8.27. The number of amidine groups is 1. The van der Waals surface area contributed by atoms with Crippen LogP contribution in [-0.2, 0) is 0 Å². The van der Waals surface area contributed by atoms with Crippen LogP contribution in [0.15, 0.2) is 47.5 Å². The molecule has 5 nitrogen and oxygen atoms in total. The maximum atomic E-state index is 13.0. The van der Waals surface area contributed by atoms with Gasteiger partial charge >= 0.3 is 0 Å². The van der Waals surface area contributed by atoms with Gasteiger partial charge < -0.3 is 9.47 Å². The van der Waals surface area contributed by atoms with Crippen molar-refractivity contribution in [2.45, 2.75) is 13.3 Å². The first-order valence-electron chi connectivity index (χ1n) is 8.44. The first-order valence-corrected chi connectivity index (χ1v) is 9.43. The lowest BCUT2D eigenvalue weighted by Gasteiger charge is -2.28. The normalized spacial score (nSPS) is 15.8. The van der Waals surface area contributed by atoms with Crippen molar-refractivity contribution in [3.05, 3.63) is 53.6 Å². The molecule has 0 spiro atoms. The molecule has 1 amide bonds. The van der Waals surface area contributed by atoms with E-state index in [2.05, 4.69) is 0 Å². The lowest BCUT2D eigenvalue weighted by atomic mass is 10.1. The highest BCUT2D eigenvalue weighted by Crippen LogP contribution is 2.34. The molecule has 0 radical (unpaired) electrons. The highest BCUT2D eigenvalue weighted by molar-refractivity contribution is 8.13. The van der Waals surface area contributed by atoms with Gasteiger partial charge in [0.1, 0.15) is 17.2 Å². The zero-order valence-corrected chi connectivity index (χ0v) is 16.0. The number of benzene rings is 2. The molecule has 0 aromatic heterocycles. The molecule has 1 saturated heterocycles. The third-order valence-electron chi connectivity index (χ3n) is 4.13. The minimum atomic E-state index is -0.0298. The fourth-order valence-electron chi connectivity index (χ4n) is 2.68. The van der Waals surface area contributed by atoms with Crippen LogP contribution in [-0.4, -0.2) is 42.5 Å². The summed E-state index contributed by atoms with van der Waals surface area (Å²) in [5, 5.41) is 0.688. The molecular formula is C20H22N2O3S. The molecule has 2 aromatic carbocycles. The summed E-state index contributed by atoms with van der Waals surface area (Å²) in [6.45, 7) is 2.66. The number of methoxy groups -OCH3 is 2. The Morgan fingerprint density at radius 1 is 1.12 bits per heavy atom. The van der Waals surface area contributed by atoms with E-state index in [0.29, 0.717) is 34.5 Å². The average Bonchev–Trinajstić information content (AvgIpc) is 2.68. The summed E-state index contributed by atoms with van der Waals surface area (Å²) in [5.41, 5.74) is 2.45. The lowest BCUT2D eigenvalue weighted by Crippen LogP contribution is -2.39. The molecule has 2 aromatic rings. The summed E-state index contributed by atoms with van der Waals surface area (Å²) in [4.78, 5) is 19.4. The molecule has 0 N–H and O–H groups in total. The largest absolute Gasteiger partial charge is 0.497 e. The predicted molar refractivity (Wildman–Crippen MR) is 106 cm³/mol. The topological polar surface area (TPSA) is 51.1 Å². The molecule has 6 heteroatoms. The smallest absolute Gasteiger partial charge is 0.259 e. The first-order chi connectivity index (χ1) is 12.6. The van der Waals surface area contributed by atoms with E-state index in [0.717, 1.165) is 17.7 Å². The summed E-state index contributed by atoms with van der Waals surface area (Å²) in [6, 6.07) is 13.1. The van der Waals surface area contributed by atoms with Crippen LogP contribution in [0.4, 0.5) is 5.69 Å². The summed E-state index contributed by atoms with van der Waals surface area (Å²) in [5.74, 6) is 2.25. The molecular weight excluding hydrogens is 348 g/mol. The van der Waals surface area contributed by atoms with E-state index in [9.17, 15) is 4.79 Å². The van der Waals surface area contributed by atoms with Gasteiger partial charge in [0.25, 0.3) is 5.91 Å². The number of ether oxygens (including phenoxy) is 2. The maximum Gasteiger partial charge on any atom is 0.259 e. The second-order valence-corrected chi connectivity index (χ2v) is 7.02. The zero-order chi connectivity index (χ0) is 18.5. The molecule has 1 aliphatic heterocycles. The van der Waals surface area contributed by atoms with Gasteiger partial charge in [0.2, 0.25) is 0 Å². The van der Waals surface area contributed by atoms with Crippen molar-refractivity contribution in [3.63, 3.8) is 0 Å². The van der Waals surface area contributed by atoms with E-state index < -0.39 is 0 Å². The second-order valence-electron chi connectivity index (χ2n) is 5.96. The van der Waals surface area contributed by atoms with Crippen molar-refractivity contribution in [1.29, 1.82) is 0 Å².